The van der Waals surface area contributed by atoms with Gasteiger partial charge in [0.15, 0.2) is 0 Å². The van der Waals surface area contributed by atoms with Crippen LogP contribution in [0.1, 0.15) is 30.9 Å². The van der Waals surface area contributed by atoms with E-state index in [9.17, 15) is 9.59 Å². The van der Waals surface area contributed by atoms with Crippen molar-refractivity contribution in [3.05, 3.63) is 35.4 Å². The number of esters is 1. The Morgan fingerprint density at radius 2 is 1.90 bits per heavy atom. The molecule has 5 heteroatoms. The van der Waals surface area contributed by atoms with E-state index >= 15 is 0 Å². The van der Waals surface area contributed by atoms with E-state index in [0.717, 1.165) is 5.56 Å². The summed E-state index contributed by atoms with van der Waals surface area (Å²) in [6.07, 6.45) is 2.35. The number of carbonyl (C=O) groups excluding carboxylic acids is 2. The van der Waals surface area contributed by atoms with Crippen molar-refractivity contribution < 1.29 is 19.1 Å². The van der Waals surface area contributed by atoms with Crippen molar-refractivity contribution in [2.45, 2.75) is 19.8 Å². The molecule has 1 N–H and O–H groups in total. The van der Waals surface area contributed by atoms with Crippen LogP contribution in [0.4, 0.5) is 10.5 Å². The molecule has 0 aliphatic heterocycles. The number of rotatable bonds is 4. The molecule has 1 amide bonds. The zero-order valence-corrected chi connectivity index (χ0v) is 12.1. The molecule has 108 valence electrons. The fourth-order valence-corrected chi connectivity index (χ4v) is 1.58. The predicted octanol–water partition coefficient (Wildman–Crippen LogP) is 3.17. The lowest BCUT2D eigenvalue weighted by atomic mass is 9.99. The molecule has 0 heterocycles. The van der Waals surface area contributed by atoms with Gasteiger partial charge < -0.3 is 9.47 Å². The van der Waals surface area contributed by atoms with E-state index in [1.807, 2.05) is 12.1 Å². The Kier molecular flexibility index (Phi) is 5.77. The van der Waals surface area contributed by atoms with Gasteiger partial charge in [0.1, 0.15) is 0 Å². The molecule has 0 fully saturated rings. The molecule has 0 aromatic heterocycles. The first-order valence-corrected chi connectivity index (χ1v) is 6.23. The maximum Gasteiger partial charge on any atom is 0.411 e. The van der Waals surface area contributed by atoms with E-state index in [0.29, 0.717) is 17.2 Å². The van der Waals surface area contributed by atoms with Crippen molar-refractivity contribution >= 4 is 23.8 Å². The van der Waals surface area contributed by atoms with Crippen LogP contribution in [0, 0.1) is 0 Å². The molecule has 0 spiro atoms. The SMILES string of the molecule is COC(=O)/C=C/c1cc(C(C)C)ccc1NC(=O)OC. The highest BCUT2D eigenvalue weighted by atomic mass is 16.5. The summed E-state index contributed by atoms with van der Waals surface area (Å²) in [5, 5.41) is 2.60. The van der Waals surface area contributed by atoms with E-state index in [2.05, 4.69) is 28.6 Å². The molecule has 5 nitrogen and oxygen atoms in total. The van der Waals surface area contributed by atoms with Crippen molar-refractivity contribution in [2.24, 2.45) is 0 Å². The summed E-state index contributed by atoms with van der Waals surface area (Å²) >= 11 is 0. The quantitative estimate of drug-likeness (QED) is 0.678. The van der Waals surface area contributed by atoms with E-state index in [1.165, 1.54) is 20.3 Å². The van der Waals surface area contributed by atoms with Crippen LogP contribution in [0.15, 0.2) is 24.3 Å². The van der Waals surface area contributed by atoms with Crippen LogP contribution in [-0.4, -0.2) is 26.3 Å². The number of ether oxygens (including phenoxy) is 2. The number of amides is 1. The number of nitrogens with one attached hydrogen (secondary N) is 1. The summed E-state index contributed by atoms with van der Waals surface area (Å²) < 4.78 is 9.12. The van der Waals surface area contributed by atoms with Gasteiger partial charge in [-0.25, -0.2) is 9.59 Å². The van der Waals surface area contributed by atoms with E-state index in [-0.39, 0.29) is 0 Å². The van der Waals surface area contributed by atoms with Gasteiger partial charge in [0.25, 0.3) is 0 Å². The second-order valence-corrected chi connectivity index (χ2v) is 4.47. The Morgan fingerprint density at radius 3 is 2.45 bits per heavy atom. The van der Waals surface area contributed by atoms with Crippen LogP contribution in [0.25, 0.3) is 6.08 Å². The standard InChI is InChI=1S/C15H19NO4/c1-10(2)11-5-7-13(16-15(18)20-4)12(9-11)6-8-14(17)19-3/h5-10H,1-4H3,(H,16,18)/b8-6+. The topological polar surface area (TPSA) is 64.6 Å². The molecule has 0 saturated carbocycles. The summed E-state index contributed by atoms with van der Waals surface area (Å²) in [6, 6.07) is 5.62. The maximum absolute atomic E-state index is 11.3. The molecule has 0 aliphatic carbocycles. The van der Waals surface area contributed by atoms with Gasteiger partial charge in [0.2, 0.25) is 0 Å². The third-order valence-corrected chi connectivity index (χ3v) is 2.76. The van der Waals surface area contributed by atoms with Gasteiger partial charge >= 0.3 is 12.1 Å². The number of methoxy groups -OCH3 is 2. The summed E-state index contributed by atoms with van der Waals surface area (Å²) in [5.41, 5.74) is 2.39. The Hall–Kier alpha value is -2.30. The average molecular weight is 277 g/mol. The van der Waals surface area contributed by atoms with E-state index in [1.54, 1.807) is 12.1 Å². The zero-order valence-electron chi connectivity index (χ0n) is 12.1. The molecule has 0 unspecified atom stereocenters. The second-order valence-electron chi connectivity index (χ2n) is 4.47. The molecule has 0 radical (unpaired) electrons. The van der Waals surface area contributed by atoms with Crippen molar-refractivity contribution in [1.82, 2.24) is 0 Å². The third-order valence-electron chi connectivity index (χ3n) is 2.76. The van der Waals surface area contributed by atoms with Gasteiger partial charge in [-0.3, -0.25) is 5.32 Å². The highest BCUT2D eigenvalue weighted by Gasteiger charge is 2.08. The molecule has 0 saturated heterocycles. The molecular formula is C15H19NO4. The minimum absolute atomic E-state index is 0.340. The molecule has 1 rings (SSSR count). The normalized spacial score (nSPS) is 10.7. The summed E-state index contributed by atoms with van der Waals surface area (Å²) in [6.45, 7) is 4.13. The second kappa shape index (κ2) is 7.33. The lowest BCUT2D eigenvalue weighted by Crippen LogP contribution is -2.12. The number of benzene rings is 1. The molecule has 1 aromatic rings. The molecular weight excluding hydrogens is 258 g/mol. The van der Waals surface area contributed by atoms with Crippen LogP contribution in [0.3, 0.4) is 0 Å². The van der Waals surface area contributed by atoms with Crippen LogP contribution in [-0.2, 0) is 14.3 Å². The first-order chi connectivity index (χ1) is 9.47. The van der Waals surface area contributed by atoms with Gasteiger partial charge in [-0.15, -0.1) is 0 Å². The summed E-state index contributed by atoms with van der Waals surface area (Å²) in [5.74, 6) is -0.114. The predicted molar refractivity (Wildman–Crippen MR) is 77.6 cm³/mol. The molecule has 1 aromatic carbocycles. The van der Waals surface area contributed by atoms with Crippen LogP contribution in [0.2, 0.25) is 0 Å². The van der Waals surface area contributed by atoms with Gasteiger partial charge in [0, 0.05) is 6.08 Å². The molecule has 20 heavy (non-hydrogen) atoms. The smallest absolute Gasteiger partial charge is 0.411 e. The lowest BCUT2D eigenvalue weighted by molar-refractivity contribution is -0.134. The largest absolute Gasteiger partial charge is 0.466 e. The van der Waals surface area contributed by atoms with E-state index in [4.69, 9.17) is 0 Å². The first-order valence-electron chi connectivity index (χ1n) is 6.23. The van der Waals surface area contributed by atoms with Crippen LogP contribution < -0.4 is 5.32 Å². The number of carbonyl (C=O) groups is 2. The molecule has 0 bridgehead atoms. The monoisotopic (exact) mass is 277 g/mol. The Morgan fingerprint density at radius 1 is 1.20 bits per heavy atom. The van der Waals surface area contributed by atoms with Gasteiger partial charge in [-0.1, -0.05) is 19.9 Å². The fraction of sp³-hybridized carbons (Fsp3) is 0.333. The van der Waals surface area contributed by atoms with Crippen molar-refractivity contribution in [2.75, 3.05) is 19.5 Å². The minimum atomic E-state index is -0.560. The van der Waals surface area contributed by atoms with Gasteiger partial charge in [0.05, 0.1) is 19.9 Å². The Balaban J connectivity index is 3.12. The highest BCUT2D eigenvalue weighted by molar-refractivity contribution is 5.91. The van der Waals surface area contributed by atoms with Crippen LogP contribution >= 0.6 is 0 Å². The fourth-order valence-electron chi connectivity index (χ4n) is 1.58. The summed E-state index contributed by atoms with van der Waals surface area (Å²) in [4.78, 5) is 22.5. The van der Waals surface area contributed by atoms with Crippen molar-refractivity contribution in [3.8, 4) is 0 Å². The average Bonchev–Trinajstić information content (AvgIpc) is 2.45. The number of hydrogen-bond donors (Lipinski definition) is 1. The van der Waals surface area contributed by atoms with Gasteiger partial charge in [-0.05, 0) is 35.3 Å². The van der Waals surface area contributed by atoms with E-state index < -0.39 is 12.1 Å². The zero-order chi connectivity index (χ0) is 15.1. The minimum Gasteiger partial charge on any atom is -0.466 e. The maximum atomic E-state index is 11.3. The first kappa shape index (κ1) is 15.8. The lowest BCUT2D eigenvalue weighted by Gasteiger charge is -2.11. The third kappa shape index (κ3) is 4.42. The van der Waals surface area contributed by atoms with Crippen molar-refractivity contribution in [3.63, 3.8) is 0 Å². The number of anilines is 1. The van der Waals surface area contributed by atoms with Crippen molar-refractivity contribution in [1.29, 1.82) is 0 Å². The number of hydrogen-bond acceptors (Lipinski definition) is 4. The highest BCUT2D eigenvalue weighted by Crippen LogP contribution is 2.24. The Bertz CT molecular complexity index is 521. The molecule has 0 aliphatic rings. The summed E-state index contributed by atoms with van der Waals surface area (Å²) in [7, 11) is 2.60. The van der Waals surface area contributed by atoms with Crippen LogP contribution in [0.5, 0.6) is 0 Å². The van der Waals surface area contributed by atoms with Gasteiger partial charge in [-0.2, -0.15) is 0 Å². The Labute approximate surface area is 118 Å². The molecule has 0 atom stereocenters.